The molecular formula is C15H23N3OS. The zero-order chi connectivity index (χ0) is 14.6. The number of H-pyrrole nitrogens is 1. The number of benzene rings is 1. The van der Waals surface area contributed by atoms with Crippen LogP contribution in [0.5, 0.6) is 5.75 Å². The van der Waals surface area contributed by atoms with Crippen molar-refractivity contribution in [1.82, 2.24) is 9.71 Å². The van der Waals surface area contributed by atoms with E-state index >= 15 is 0 Å². The fourth-order valence-electron chi connectivity index (χ4n) is 2.25. The third kappa shape index (κ3) is 3.91. The lowest BCUT2D eigenvalue weighted by atomic mass is 9.96. The van der Waals surface area contributed by atoms with Gasteiger partial charge in [-0.15, -0.1) is 0 Å². The average molecular weight is 293 g/mol. The molecule has 0 bridgehead atoms. The van der Waals surface area contributed by atoms with Crippen LogP contribution in [0.1, 0.15) is 19.4 Å². The third-order valence-electron chi connectivity index (χ3n) is 3.02. The molecule has 0 radical (unpaired) electrons. The van der Waals surface area contributed by atoms with Gasteiger partial charge in [-0.05, 0) is 38.2 Å². The number of hydrogen-bond donors (Lipinski definition) is 3. The molecule has 4 nitrogen and oxygen atoms in total. The highest BCUT2D eigenvalue weighted by molar-refractivity contribution is 7.96. The molecule has 4 N–H and O–H groups in total. The molecule has 0 atom stereocenters. The molecule has 1 aromatic heterocycles. The molecule has 0 saturated heterocycles. The third-order valence-corrected chi connectivity index (χ3v) is 3.51. The van der Waals surface area contributed by atoms with Crippen LogP contribution in [0.4, 0.5) is 0 Å². The molecular weight excluding hydrogens is 270 g/mol. The van der Waals surface area contributed by atoms with E-state index in [2.05, 4.69) is 15.8 Å². The predicted octanol–water partition coefficient (Wildman–Crippen LogP) is 2.69. The number of aromatic amines is 1. The van der Waals surface area contributed by atoms with Crippen molar-refractivity contribution in [3.8, 4) is 5.75 Å². The summed E-state index contributed by atoms with van der Waals surface area (Å²) < 4.78 is 8.99. The summed E-state index contributed by atoms with van der Waals surface area (Å²) in [6, 6.07) is 6.13. The Morgan fingerprint density at radius 3 is 2.90 bits per heavy atom. The molecule has 0 amide bonds. The van der Waals surface area contributed by atoms with Gasteiger partial charge in [-0.1, -0.05) is 24.1 Å². The van der Waals surface area contributed by atoms with Crippen molar-refractivity contribution in [2.75, 3.05) is 19.4 Å². The topological polar surface area (TPSA) is 63.1 Å². The maximum atomic E-state index is 6.11. The van der Waals surface area contributed by atoms with Crippen LogP contribution in [-0.2, 0) is 6.42 Å². The number of para-hydroxylation sites is 1. The number of nitrogens with one attached hydrogen (secondary N) is 2. The van der Waals surface area contributed by atoms with Gasteiger partial charge < -0.3 is 15.5 Å². The summed E-state index contributed by atoms with van der Waals surface area (Å²) in [6.07, 6.45) is 4.88. The molecule has 0 spiro atoms. The molecule has 0 saturated carbocycles. The maximum absolute atomic E-state index is 6.11. The highest BCUT2D eigenvalue weighted by atomic mass is 32.2. The van der Waals surface area contributed by atoms with Gasteiger partial charge in [-0.3, -0.25) is 4.72 Å². The van der Waals surface area contributed by atoms with Gasteiger partial charge in [0.1, 0.15) is 12.4 Å². The minimum atomic E-state index is -0.214. The zero-order valence-electron chi connectivity index (χ0n) is 12.3. The second kappa shape index (κ2) is 6.52. The lowest BCUT2D eigenvalue weighted by Gasteiger charge is -2.17. The second-order valence-electron chi connectivity index (χ2n) is 5.60. The van der Waals surface area contributed by atoms with E-state index in [-0.39, 0.29) is 5.54 Å². The lowest BCUT2D eigenvalue weighted by molar-refractivity contribution is 0.328. The molecule has 20 heavy (non-hydrogen) atoms. The Morgan fingerprint density at radius 2 is 2.20 bits per heavy atom. The summed E-state index contributed by atoms with van der Waals surface area (Å²) in [5.74, 6) is 0.895. The Hall–Kier alpha value is -1.17. The SMILES string of the molecule is CSNCCOc1cccc2c(CC(C)(C)N)c[nH]c12. The molecule has 0 fully saturated rings. The lowest BCUT2D eigenvalue weighted by Crippen LogP contribution is -2.34. The Labute approximate surface area is 124 Å². The maximum Gasteiger partial charge on any atom is 0.143 e. The van der Waals surface area contributed by atoms with E-state index in [1.54, 1.807) is 11.9 Å². The van der Waals surface area contributed by atoms with Gasteiger partial charge >= 0.3 is 0 Å². The molecule has 0 unspecified atom stereocenters. The van der Waals surface area contributed by atoms with Gasteiger partial charge in [0.15, 0.2) is 0 Å². The van der Waals surface area contributed by atoms with Gasteiger partial charge in [0.2, 0.25) is 0 Å². The average Bonchev–Trinajstić information content (AvgIpc) is 2.77. The van der Waals surface area contributed by atoms with E-state index in [0.29, 0.717) is 6.61 Å². The van der Waals surface area contributed by atoms with Crippen molar-refractivity contribution >= 4 is 22.9 Å². The number of ether oxygens (including phenoxy) is 1. The minimum Gasteiger partial charge on any atom is -0.490 e. The smallest absolute Gasteiger partial charge is 0.143 e. The summed E-state index contributed by atoms with van der Waals surface area (Å²) in [6.45, 7) is 5.55. The Morgan fingerprint density at radius 1 is 1.40 bits per heavy atom. The van der Waals surface area contributed by atoms with Crippen LogP contribution >= 0.6 is 11.9 Å². The van der Waals surface area contributed by atoms with Crippen molar-refractivity contribution < 1.29 is 4.74 Å². The molecule has 2 rings (SSSR count). The Kier molecular flexibility index (Phi) is 4.96. The van der Waals surface area contributed by atoms with Crippen LogP contribution in [0.25, 0.3) is 10.9 Å². The first kappa shape index (κ1) is 15.2. The molecule has 2 aromatic rings. The van der Waals surface area contributed by atoms with E-state index in [4.69, 9.17) is 10.5 Å². The first-order chi connectivity index (χ1) is 9.51. The van der Waals surface area contributed by atoms with Gasteiger partial charge in [0.05, 0.1) is 5.52 Å². The summed E-state index contributed by atoms with van der Waals surface area (Å²) >= 11 is 1.60. The molecule has 1 aromatic carbocycles. The molecule has 5 heteroatoms. The number of hydrogen-bond acceptors (Lipinski definition) is 4. The van der Waals surface area contributed by atoms with Crippen molar-refractivity contribution in [3.05, 3.63) is 30.0 Å². The van der Waals surface area contributed by atoms with E-state index in [1.807, 2.05) is 38.4 Å². The van der Waals surface area contributed by atoms with Gasteiger partial charge in [-0.25, -0.2) is 0 Å². The van der Waals surface area contributed by atoms with Crippen LogP contribution < -0.4 is 15.2 Å². The molecule has 0 aliphatic rings. The second-order valence-corrected chi connectivity index (χ2v) is 6.30. The molecule has 110 valence electrons. The molecule has 1 heterocycles. The van der Waals surface area contributed by atoms with Crippen molar-refractivity contribution in [3.63, 3.8) is 0 Å². The summed E-state index contributed by atoms with van der Waals surface area (Å²) in [5.41, 5.74) is 8.19. The molecule has 0 aliphatic carbocycles. The fourth-order valence-corrected chi connectivity index (χ4v) is 2.53. The number of fused-ring (bicyclic) bond motifs is 1. The standard InChI is InChI=1S/C15H23N3OS/c1-15(2,16)9-11-10-17-14-12(11)5-4-6-13(14)19-8-7-18-20-3/h4-6,10,17-18H,7-9,16H2,1-3H3. The normalized spacial score (nSPS) is 12.0. The van der Waals surface area contributed by atoms with E-state index in [1.165, 1.54) is 10.9 Å². The summed E-state index contributed by atoms with van der Waals surface area (Å²) in [7, 11) is 0. The summed E-state index contributed by atoms with van der Waals surface area (Å²) in [5, 5.41) is 1.19. The van der Waals surface area contributed by atoms with E-state index in [9.17, 15) is 0 Å². The first-order valence-corrected chi connectivity index (χ1v) is 8.00. The Balaban J connectivity index is 2.17. The fraction of sp³-hybridized carbons (Fsp3) is 0.467. The number of nitrogens with two attached hydrogens (primary N) is 1. The monoisotopic (exact) mass is 293 g/mol. The van der Waals surface area contributed by atoms with E-state index < -0.39 is 0 Å². The predicted molar refractivity (Wildman–Crippen MR) is 87.3 cm³/mol. The highest BCUT2D eigenvalue weighted by Crippen LogP contribution is 2.28. The number of rotatable bonds is 7. The van der Waals surface area contributed by atoms with Gasteiger partial charge in [0, 0.05) is 23.7 Å². The first-order valence-electron chi connectivity index (χ1n) is 6.78. The largest absolute Gasteiger partial charge is 0.490 e. The van der Waals surface area contributed by atoms with E-state index in [0.717, 1.165) is 24.2 Å². The number of aromatic nitrogens is 1. The van der Waals surface area contributed by atoms with Gasteiger partial charge in [0.25, 0.3) is 0 Å². The van der Waals surface area contributed by atoms with Crippen molar-refractivity contribution in [1.29, 1.82) is 0 Å². The van der Waals surface area contributed by atoms with Crippen LogP contribution in [-0.4, -0.2) is 29.9 Å². The van der Waals surface area contributed by atoms with Crippen LogP contribution in [0, 0.1) is 0 Å². The summed E-state index contributed by atoms with van der Waals surface area (Å²) in [4.78, 5) is 3.31. The zero-order valence-corrected chi connectivity index (χ0v) is 13.1. The minimum absolute atomic E-state index is 0.214. The van der Waals surface area contributed by atoms with Crippen molar-refractivity contribution in [2.24, 2.45) is 5.73 Å². The van der Waals surface area contributed by atoms with Crippen LogP contribution in [0.15, 0.2) is 24.4 Å². The van der Waals surface area contributed by atoms with Crippen LogP contribution in [0.2, 0.25) is 0 Å². The van der Waals surface area contributed by atoms with Crippen molar-refractivity contribution in [2.45, 2.75) is 25.8 Å². The quantitative estimate of drug-likeness (QED) is 0.542. The highest BCUT2D eigenvalue weighted by Gasteiger charge is 2.16. The molecule has 0 aliphatic heterocycles. The van der Waals surface area contributed by atoms with Gasteiger partial charge in [-0.2, -0.15) is 0 Å². The van der Waals surface area contributed by atoms with Crippen LogP contribution in [0.3, 0.4) is 0 Å². The Bertz CT molecular complexity index is 560.